The van der Waals surface area contributed by atoms with Gasteiger partial charge in [0.2, 0.25) is 5.89 Å². The Morgan fingerprint density at radius 3 is 2.71 bits per heavy atom. The molecule has 0 saturated heterocycles. The minimum atomic E-state index is -4.43. The molecule has 2 aromatic carbocycles. The summed E-state index contributed by atoms with van der Waals surface area (Å²) in [7, 11) is 0. The fourth-order valence-electron chi connectivity index (χ4n) is 2.17. The largest absolute Gasteiger partial charge is 0.491 e. The smallest absolute Gasteiger partial charge is 0.416 e. The van der Waals surface area contributed by atoms with Crippen LogP contribution in [0.1, 0.15) is 12.5 Å². The molecule has 1 aromatic heterocycles. The highest BCUT2D eigenvalue weighted by Gasteiger charge is 2.30. The second-order valence-corrected chi connectivity index (χ2v) is 5.39. The van der Waals surface area contributed by atoms with Gasteiger partial charge in [-0.3, -0.25) is 0 Å². The molecule has 126 valence electrons. The van der Waals surface area contributed by atoms with Crippen LogP contribution in [0.25, 0.3) is 22.6 Å². The van der Waals surface area contributed by atoms with Crippen LogP contribution < -0.4 is 4.74 Å². The van der Waals surface area contributed by atoms with Crippen LogP contribution in [0.4, 0.5) is 13.2 Å². The molecular weight excluding hydrogens is 323 g/mol. The minimum Gasteiger partial charge on any atom is -0.491 e. The number of hydrogen-bond acceptors (Lipinski definition) is 4. The van der Waals surface area contributed by atoms with Crippen molar-refractivity contribution in [1.82, 2.24) is 4.98 Å². The molecule has 0 saturated carbocycles. The van der Waals surface area contributed by atoms with E-state index in [1.165, 1.54) is 12.1 Å². The van der Waals surface area contributed by atoms with Crippen LogP contribution >= 0.6 is 0 Å². The van der Waals surface area contributed by atoms with Gasteiger partial charge in [0, 0.05) is 11.6 Å². The van der Waals surface area contributed by atoms with Gasteiger partial charge in [-0.1, -0.05) is 6.07 Å². The van der Waals surface area contributed by atoms with Crippen molar-refractivity contribution >= 4 is 11.1 Å². The maximum atomic E-state index is 12.8. The lowest BCUT2D eigenvalue weighted by atomic mass is 10.1. The molecule has 24 heavy (non-hydrogen) atoms. The number of alkyl halides is 3. The van der Waals surface area contributed by atoms with Gasteiger partial charge in [-0.2, -0.15) is 13.2 Å². The third-order valence-electron chi connectivity index (χ3n) is 3.29. The van der Waals surface area contributed by atoms with Gasteiger partial charge in [-0.05, 0) is 37.3 Å². The van der Waals surface area contributed by atoms with E-state index in [1.54, 1.807) is 25.1 Å². The van der Waals surface area contributed by atoms with Crippen LogP contribution in [0, 0.1) is 0 Å². The lowest BCUT2D eigenvalue weighted by molar-refractivity contribution is -0.137. The molecule has 3 rings (SSSR count). The van der Waals surface area contributed by atoms with Gasteiger partial charge in [-0.25, -0.2) is 4.98 Å². The van der Waals surface area contributed by atoms with Crippen LogP contribution in [0.5, 0.6) is 5.75 Å². The van der Waals surface area contributed by atoms with Crippen LogP contribution in [-0.2, 0) is 6.18 Å². The zero-order chi connectivity index (χ0) is 17.3. The molecule has 4 nitrogen and oxygen atoms in total. The highest BCUT2D eigenvalue weighted by molar-refractivity contribution is 5.77. The van der Waals surface area contributed by atoms with Gasteiger partial charge >= 0.3 is 6.18 Å². The standard InChI is InChI=1S/C17H14F3NO3/c1-10(22)9-23-13-5-6-15-14(8-13)21-16(24-15)11-3-2-4-12(7-11)17(18,19)20/h2-8,10,22H,9H2,1H3. The summed E-state index contributed by atoms with van der Waals surface area (Å²) in [5.41, 5.74) is 0.382. The lowest BCUT2D eigenvalue weighted by Crippen LogP contribution is -2.12. The Balaban J connectivity index is 1.93. The average Bonchev–Trinajstić information content (AvgIpc) is 2.95. The van der Waals surface area contributed by atoms with E-state index in [9.17, 15) is 18.3 Å². The first-order valence-electron chi connectivity index (χ1n) is 7.22. The monoisotopic (exact) mass is 337 g/mol. The zero-order valence-electron chi connectivity index (χ0n) is 12.7. The first-order valence-corrected chi connectivity index (χ1v) is 7.22. The Hall–Kier alpha value is -2.54. The van der Waals surface area contributed by atoms with Crippen LogP contribution in [-0.4, -0.2) is 22.8 Å². The van der Waals surface area contributed by atoms with E-state index in [0.29, 0.717) is 16.8 Å². The van der Waals surface area contributed by atoms with E-state index < -0.39 is 17.8 Å². The summed E-state index contributed by atoms with van der Waals surface area (Å²) >= 11 is 0. The fourth-order valence-corrected chi connectivity index (χ4v) is 2.17. The first kappa shape index (κ1) is 16.3. The molecule has 0 fully saturated rings. The molecule has 0 aliphatic heterocycles. The summed E-state index contributed by atoms with van der Waals surface area (Å²) in [5, 5.41) is 9.22. The summed E-state index contributed by atoms with van der Waals surface area (Å²) in [6.07, 6.45) is -5.04. The van der Waals surface area contributed by atoms with Crippen LogP contribution in [0.2, 0.25) is 0 Å². The van der Waals surface area contributed by atoms with E-state index in [4.69, 9.17) is 9.15 Å². The minimum absolute atomic E-state index is 0.101. The number of hydrogen-bond donors (Lipinski definition) is 1. The second-order valence-electron chi connectivity index (χ2n) is 5.39. The number of ether oxygens (including phenoxy) is 1. The van der Waals surface area contributed by atoms with Gasteiger partial charge < -0.3 is 14.3 Å². The quantitative estimate of drug-likeness (QED) is 0.772. The van der Waals surface area contributed by atoms with Crippen LogP contribution in [0.3, 0.4) is 0 Å². The number of nitrogens with zero attached hydrogens (tertiary/aromatic N) is 1. The summed E-state index contributed by atoms with van der Waals surface area (Å²) in [4.78, 5) is 4.22. The van der Waals surface area contributed by atoms with E-state index in [-0.39, 0.29) is 18.1 Å². The van der Waals surface area contributed by atoms with Crippen LogP contribution in [0.15, 0.2) is 46.9 Å². The van der Waals surface area contributed by atoms with Gasteiger partial charge in [0.05, 0.1) is 11.7 Å². The topological polar surface area (TPSA) is 55.5 Å². The number of aromatic nitrogens is 1. The SMILES string of the molecule is CC(O)COc1ccc2oc(-c3cccc(C(F)(F)F)c3)nc2c1. The van der Waals surface area contributed by atoms with Crippen molar-refractivity contribution in [2.75, 3.05) is 6.61 Å². The Morgan fingerprint density at radius 2 is 2.00 bits per heavy atom. The summed E-state index contributed by atoms with van der Waals surface area (Å²) < 4.78 is 49.3. The Kier molecular flexibility index (Phi) is 4.19. The normalized spacial score (nSPS) is 13.2. The van der Waals surface area contributed by atoms with E-state index in [1.807, 2.05) is 0 Å². The molecule has 1 N–H and O–H groups in total. The average molecular weight is 337 g/mol. The fraction of sp³-hybridized carbons (Fsp3) is 0.235. The molecule has 0 radical (unpaired) electrons. The Bertz CT molecular complexity index is 856. The molecule has 0 aliphatic carbocycles. The lowest BCUT2D eigenvalue weighted by Gasteiger charge is -2.07. The van der Waals surface area contributed by atoms with E-state index in [0.717, 1.165) is 12.1 Å². The van der Waals surface area contributed by atoms with Crippen molar-refractivity contribution in [1.29, 1.82) is 0 Å². The molecule has 0 aliphatic rings. The molecule has 3 aromatic rings. The first-order chi connectivity index (χ1) is 11.3. The van der Waals surface area contributed by atoms with Crippen molar-refractivity contribution in [2.45, 2.75) is 19.2 Å². The zero-order valence-corrected chi connectivity index (χ0v) is 12.7. The number of aliphatic hydroxyl groups excluding tert-OH is 1. The number of halogens is 3. The maximum absolute atomic E-state index is 12.8. The van der Waals surface area contributed by atoms with Crippen molar-refractivity contribution in [3.63, 3.8) is 0 Å². The number of benzene rings is 2. The van der Waals surface area contributed by atoms with E-state index >= 15 is 0 Å². The van der Waals surface area contributed by atoms with Crippen molar-refractivity contribution < 1.29 is 27.4 Å². The predicted molar refractivity (Wildman–Crippen MR) is 81.6 cm³/mol. The summed E-state index contributed by atoms with van der Waals surface area (Å²) in [5.74, 6) is 0.594. The van der Waals surface area contributed by atoms with E-state index in [2.05, 4.69) is 4.98 Å². The van der Waals surface area contributed by atoms with Gasteiger partial charge in [0.25, 0.3) is 0 Å². The molecule has 1 heterocycles. The van der Waals surface area contributed by atoms with Crippen molar-refractivity contribution in [2.24, 2.45) is 0 Å². The van der Waals surface area contributed by atoms with Gasteiger partial charge in [-0.15, -0.1) is 0 Å². The highest BCUT2D eigenvalue weighted by Crippen LogP contribution is 2.33. The Labute approximate surface area is 135 Å². The molecule has 0 spiro atoms. The van der Waals surface area contributed by atoms with Crippen molar-refractivity contribution in [3.05, 3.63) is 48.0 Å². The third kappa shape index (κ3) is 3.51. The van der Waals surface area contributed by atoms with Gasteiger partial charge in [0.15, 0.2) is 5.58 Å². The number of aliphatic hydroxyl groups is 1. The predicted octanol–water partition coefficient (Wildman–Crippen LogP) is 4.27. The number of oxazole rings is 1. The maximum Gasteiger partial charge on any atom is 0.416 e. The van der Waals surface area contributed by atoms with Crippen molar-refractivity contribution in [3.8, 4) is 17.2 Å². The second kappa shape index (κ2) is 6.16. The molecule has 1 unspecified atom stereocenters. The molecule has 0 amide bonds. The van der Waals surface area contributed by atoms with Gasteiger partial charge in [0.1, 0.15) is 17.9 Å². The summed E-state index contributed by atoms with van der Waals surface area (Å²) in [6.45, 7) is 1.73. The molecule has 1 atom stereocenters. The third-order valence-corrected chi connectivity index (χ3v) is 3.29. The molecule has 0 bridgehead atoms. The molecular formula is C17H14F3NO3. The summed E-state index contributed by atoms with van der Waals surface area (Å²) in [6, 6.07) is 9.68. The Morgan fingerprint density at radius 1 is 1.21 bits per heavy atom. The number of rotatable bonds is 4. The number of fused-ring (bicyclic) bond motifs is 1. The highest BCUT2D eigenvalue weighted by atomic mass is 19.4. The molecule has 7 heteroatoms.